The zero-order chi connectivity index (χ0) is 28.4. The highest BCUT2D eigenvalue weighted by atomic mass is 16.5. The second-order valence-corrected chi connectivity index (χ2v) is 11.4. The van der Waals surface area contributed by atoms with E-state index in [0.717, 1.165) is 22.4 Å². The van der Waals surface area contributed by atoms with Crippen molar-refractivity contribution in [1.29, 1.82) is 0 Å². The van der Waals surface area contributed by atoms with E-state index >= 15 is 0 Å². The average molecular weight is 538 g/mol. The molecule has 1 aliphatic heterocycles. The van der Waals surface area contributed by atoms with Gasteiger partial charge in [-0.25, -0.2) is 4.98 Å². The number of Topliss-reactive ketones (excluding diaryl/α,β-unsaturated/α-hetero) is 1. The van der Waals surface area contributed by atoms with Crippen LogP contribution in [0.1, 0.15) is 56.2 Å². The molecule has 2 heterocycles. The molecule has 0 spiro atoms. The third-order valence-corrected chi connectivity index (χ3v) is 7.54. The van der Waals surface area contributed by atoms with E-state index in [4.69, 9.17) is 14.5 Å². The van der Waals surface area contributed by atoms with E-state index in [9.17, 15) is 9.59 Å². The molecule has 1 aliphatic carbocycles. The van der Waals surface area contributed by atoms with Crippen molar-refractivity contribution in [2.24, 2.45) is 16.3 Å². The average Bonchev–Trinajstić information content (AvgIpc) is 2.90. The number of allylic oxidation sites excluding steroid dienone is 2. The summed E-state index contributed by atoms with van der Waals surface area (Å²) in [6.45, 7) is 8.37. The number of rotatable bonds is 7. The number of ether oxygens (including phenoxy) is 2. The quantitative estimate of drug-likeness (QED) is 0.375. The van der Waals surface area contributed by atoms with Crippen LogP contribution in [0.15, 0.2) is 83.1 Å². The second-order valence-electron chi connectivity index (χ2n) is 11.4. The third kappa shape index (κ3) is 5.69. The predicted octanol–water partition coefficient (Wildman–Crippen LogP) is 6.43. The zero-order valence-electron chi connectivity index (χ0n) is 23.7. The Balaban J connectivity index is 1.54. The summed E-state index contributed by atoms with van der Waals surface area (Å²) in [6, 6.07) is 19.3. The van der Waals surface area contributed by atoms with E-state index in [1.54, 1.807) is 13.3 Å². The summed E-state index contributed by atoms with van der Waals surface area (Å²) in [5.74, 6) is 0.171. The molecule has 2 aliphatic rings. The van der Waals surface area contributed by atoms with Crippen LogP contribution in [0.4, 0.5) is 5.82 Å². The van der Waals surface area contributed by atoms with Crippen LogP contribution in [0.2, 0.25) is 0 Å². The van der Waals surface area contributed by atoms with E-state index < -0.39 is 11.8 Å². The van der Waals surface area contributed by atoms with Gasteiger partial charge in [0.2, 0.25) is 5.91 Å². The number of anilines is 1. The molecule has 1 unspecified atom stereocenters. The molecule has 1 N–H and O–H groups in total. The van der Waals surface area contributed by atoms with Gasteiger partial charge in [0.05, 0.1) is 13.0 Å². The lowest BCUT2D eigenvalue weighted by molar-refractivity contribution is -0.119. The Morgan fingerprint density at radius 1 is 1.02 bits per heavy atom. The molecule has 0 saturated carbocycles. The van der Waals surface area contributed by atoms with Gasteiger partial charge < -0.3 is 14.8 Å². The first-order valence-electron chi connectivity index (χ1n) is 13.5. The Bertz CT molecular complexity index is 1510. The van der Waals surface area contributed by atoms with Crippen LogP contribution < -0.4 is 14.8 Å². The van der Waals surface area contributed by atoms with Gasteiger partial charge in [0.15, 0.2) is 17.3 Å². The molecule has 206 valence electrons. The van der Waals surface area contributed by atoms with Crippen molar-refractivity contribution in [3.63, 3.8) is 0 Å². The number of nitrogens with one attached hydrogen (secondary N) is 1. The topological polar surface area (TPSA) is 89.9 Å². The lowest BCUT2D eigenvalue weighted by Gasteiger charge is -2.39. The van der Waals surface area contributed by atoms with Crippen LogP contribution >= 0.6 is 0 Å². The normalized spacial score (nSPS) is 19.9. The van der Waals surface area contributed by atoms with Gasteiger partial charge in [-0.1, -0.05) is 50.2 Å². The van der Waals surface area contributed by atoms with Gasteiger partial charge in [0, 0.05) is 35.5 Å². The summed E-state index contributed by atoms with van der Waals surface area (Å²) in [5, 5.41) is 2.97. The Morgan fingerprint density at radius 3 is 2.52 bits per heavy atom. The van der Waals surface area contributed by atoms with Crippen LogP contribution in [0, 0.1) is 18.3 Å². The lowest BCUT2D eigenvalue weighted by Crippen LogP contribution is -2.41. The zero-order valence-corrected chi connectivity index (χ0v) is 23.7. The Hall–Kier alpha value is -4.26. The molecule has 0 saturated heterocycles. The largest absolute Gasteiger partial charge is 0.493 e. The molecule has 0 fully saturated rings. The molecular weight excluding hydrogens is 502 g/mol. The molecule has 1 amide bonds. The number of benzene rings is 2. The SMILES string of the molecule is COc1cc([C@H]2C3=C(CC(C)(C)CC3=O)N=C(C)C2C(=O)Nc2cc(C)ccn2)ccc1OCc1ccccc1. The van der Waals surface area contributed by atoms with Gasteiger partial charge in [-0.3, -0.25) is 14.6 Å². The van der Waals surface area contributed by atoms with Crippen LogP contribution in [-0.2, 0) is 16.2 Å². The van der Waals surface area contributed by atoms with Gasteiger partial charge in [-0.05, 0) is 66.6 Å². The summed E-state index contributed by atoms with van der Waals surface area (Å²) >= 11 is 0. The number of hydrogen-bond acceptors (Lipinski definition) is 6. The number of carbonyl (C=O) groups is 2. The summed E-state index contributed by atoms with van der Waals surface area (Å²) in [4.78, 5) is 36.7. The van der Waals surface area contributed by atoms with Gasteiger partial charge in [-0.15, -0.1) is 0 Å². The monoisotopic (exact) mass is 537 g/mol. The number of pyridine rings is 1. The first kappa shape index (κ1) is 27.3. The maximum atomic E-state index is 13.8. The minimum Gasteiger partial charge on any atom is -0.493 e. The van der Waals surface area contributed by atoms with E-state index in [1.807, 2.05) is 74.5 Å². The highest BCUT2D eigenvalue weighted by Crippen LogP contribution is 2.49. The molecule has 0 bridgehead atoms. The number of nitrogens with zero attached hydrogens (tertiary/aromatic N) is 2. The minimum absolute atomic E-state index is 0.0300. The highest BCUT2D eigenvalue weighted by molar-refractivity contribution is 6.13. The molecule has 40 heavy (non-hydrogen) atoms. The first-order chi connectivity index (χ1) is 19.1. The van der Waals surface area contributed by atoms with E-state index in [-0.39, 0.29) is 17.1 Å². The number of aromatic nitrogens is 1. The van der Waals surface area contributed by atoms with E-state index in [2.05, 4.69) is 24.1 Å². The standard InChI is InChI=1S/C33H35N3O4/c1-20-13-14-34-28(15-20)36-32(38)29-21(2)35-24-17-33(3,4)18-25(37)31(24)30(29)23-11-12-26(27(16-23)39-5)40-19-22-9-7-6-8-10-22/h6-16,29-30H,17-19H2,1-5H3,(H,34,36,38)/t29?,30-/m1/s1. The maximum absolute atomic E-state index is 13.8. The minimum atomic E-state index is -0.688. The fraction of sp³-hybridized carbons (Fsp3) is 0.333. The van der Waals surface area contributed by atoms with Crippen molar-refractivity contribution in [3.05, 3.63) is 94.8 Å². The Labute approximate surface area is 235 Å². The molecule has 3 aromatic rings. The molecule has 2 atom stereocenters. The van der Waals surface area contributed by atoms with E-state index in [0.29, 0.717) is 48.1 Å². The van der Waals surface area contributed by atoms with Crippen molar-refractivity contribution < 1.29 is 19.1 Å². The molecule has 1 aromatic heterocycles. The van der Waals surface area contributed by atoms with Crippen LogP contribution in [0.25, 0.3) is 0 Å². The Kier molecular flexibility index (Phi) is 7.57. The maximum Gasteiger partial charge on any atom is 0.235 e. The number of carbonyl (C=O) groups excluding carboxylic acids is 2. The Morgan fingerprint density at radius 2 is 1.80 bits per heavy atom. The van der Waals surface area contributed by atoms with Crippen molar-refractivity contribution in [2.45, 2.75) is 53.1 Å². The van der Waals surface area contributed by atoms with Crippen LogP contribution in [0.5, 0.6) is 11.5 Å². The summed E-state index contributed by atoms with van der Waals surface area (Å²) in [6.07, 6.45) is 2.74. The van der Waals surface area contributed by atoms with Crippen LogP contribution in [-0.4, -0.2) is 29.5 Å². The predicted molar refractivity (Wildman–Crippen MR) is 156 cm³/mol. The number of amides is 1. The fourth-order valence-corrected chi connectivity index (χ4v) is 5.69. The van der Waals surface area contributed by atoms with Gasteiger partial charge in [0.1, 0.15) is 12.4 Å². The van der Waals surface area contributed by atoms with Gasteiger partial charge in [-0.2, -0.15) is 0 Å². The smallest absolute Gasteiger partial charge is 0.235 e. The van der Waals surface area contributed by atoms with Crippen LogP contribution in [0.3, 0.4) is 0 Å². The van der Waals surface area contributed by atoms with Crippen molar-refractivity contribution in [1.82, 2.24) is 4.98 Å². The van der Waals surface area contributed by atoms with Crippen molar-refractivity contribution in [2.75, 3.05) is 12.4 Å². The van der Waals surface area contributed by atoms with Gasteiger partial charge >= 0.3 is 0 Å². The fourth-order valence-electron chi connectivity index (χ4n) is 5.69. The number of ketones is 1. The second kappa shape index (κ2) is 11.1. The number of aliphatic imine (C=N–C) groups is 1. The molecule has 7 nitrogen and oxygen atoms in total. The summed E-state index contributed by atoms with van der Waals surface area (Å²) in [7, 11) is 1.59. The molecule has 7 heteroatoms. The van der Waals surface area contributed by atoms with Crippen molar-refractivity contribution in [3.8, 4) is 11.5 Å². The third-order valence-electron chi connectivity index (χ3n) is 7.54. The number of hydrogen-bond donors (Lipinski definition) is 1. The lowest BCUT2D eigenvalue weighted by atomic mass is 9.66. The molecule has 5 rings (SSSR count). The van der Waals surface area contributed by atoms with E-state index in [1.165, 1.54) is 0 Å². The first-order valence-corrected chi connectivity index (χ1v) is 13.5. The molecular formula is C33H35N3O4. The number of aryl methyl sites for hydroxylation is 1. The highest BCUT2D eigenvalue weighted by Gasteiger charge is 2.45. The molecule has 2 aromatic carbocycles. The summed E-state index contributed by atoms with van der Waals surface area (Å²) in [5.41, 5.74) is 4.68. The summed E-state index contributed by atoms with van der Waals surface area (Å²) < 4.78 is 11.8. The van der Waals surface area contributed by atoms with Crippen molar-refractivity contribution >= 4 is 23.2 Å². The molecule has 0 radical (unpaired) electrons. The van der Waals surface area contributed by atoms with Gasteiger partial charge in [0.25, 0.3) is 0 Å². The number of methoxy groups -OCH3 is 1.